The molecule has 0 saturated carbocycles. The molecule has 0 aliphatic heterocycles. The maximum absolute atomic E-state index is 4.78. The zero-order chi connectivity index (χ0) is 12.7. The van der Waals surface area contributed by atoms with Gasteiger partial charge in [-0.25, -0.2) is 4.98 Å². The van der Waals surface area contributed by atoms with Crippen LogP contribution in [-0.2, 0) is 6.42 Å². The van der Waals surface area contributed by atoms with Gasteiger partial charge in [0, 0.05) is 4.88 Å². The van der Waals surface area contributed by atoms with Gasteiger partial charge in [-0.2, -0.15) is 0 Å². The van der Waals surface area contributed by atoms with Gasteiger partial charge in [0.2, 0.25) is 0 Å². The maximum atomic E-state index is 4.78. The van der Waals surface area contributed by atoms with Crippen molar-refractivity contribution in [3.63, 3.8) is 0 Å². The van der Waals surface area contributed by atoms with E-state index in [1.54, 1.807) is 0 Å². The fraction of sp³-hybridized carbons (Fsp3) is 0.786. The highest BCUT2D eigenvalue weighted by Gasteiger charge is 2.15. The van der Waals surface area contributed by atoms with Crippen LogP contribution in [0.2, 0.25) is 0 Å². The maximum Gasteiger partial charge on any atom is 0.110 e. The lowest BCUT2D eigenvalue weighted by molar-refractivity contribution is 0.484. The van der Waals surface area contributed by atoms with Crippen molar-refractivity contribution < 1.29 is 0 Å². The van der Waals surface area contributed by atoms with E-state index in [2.05, 4.69) is 33.0 Å². The number of nitrogens with zero attached hydrogens (tertiary/aromatic N) is 1. The van der Waals surface area contributed by atoms with Crippen LogP contribution in [0.15, 0.2) is 0 Å². The summed E-state index contributed by atoms with van der Waals surface area (Å²) in [7, 11) is 0. The van der Waals surface area contributed by atoms with E-state index in [9.17, 15) is 0 Å². The van der Waals surface area contributed by atoms with Gasteiger partial charge in [0.05, 0.1) is 11.7 Å². The van der Waals surface area contributed by atoms with Crippen LogP contribution in [-0.4, -0.2) is 11.5 Å². The fourth-order valence-electron chi connectivity index (χ4n) is 2.09. The highest BCUT2D eigenvalue weighted by Crippen LogP contribution is 2.27. The minimum Gasteiger partial charge on any atom is -0.308 e. The molecule has 1 atom stereocenters. The van der Waals surface area contributed by atoms with Crippen LogP contribution in [0, 0.1) is 6.92 Å². The van der Waals surface area contributed by atoms with Crippen molar-refractivity contribution in [3.8, 4) is 0 Å². The Morgan fingerprint density at radius 1 is 1.24 bits per heavy atom. The van der Waals surface area contributed by atoms with Crippen LogP contribution in [0.1, 0.15) is 68.1 Å². The summed E-state index contributed by atoms with van der Waals surface area (Å²) >= 11 is 1.87. The van der Waals surface area contributed by atoms with Crippen molar-refractivity contribution in [2.75, 3.05) is 6.54 Å². The molecule has 0 bridgehead atoms. The topological polar surface area (TPSA) is 24.9 Å². The molecule has 1 aromatic heterocycles. The predicted molar refractivity (Wildman–Crippen MR) is 76.8 cm³/mol. The molecule has 0 saturated heterocycles. The molecule has 1 aromatic rings. The summed E-state index contributed by atoms with van der Waals surface area (Å²) in [6.07, 6.45) is 6.19. The molecule has 2 nitrogen and oxygen atoms in total. The number of rotatable bonds is 8. The number of nitrogens with one attached hydrogen (secondary N) is 1. The molecule has 0 fully saturated rings. The second-order valence-electron chi connectivity index (χ2n) is 4.51. The average Bonchev–Trinajstić information content (AvgIpc) is 2.69. The van der Waals surface area contributed by atoms with Crippen molar-refractivity contribution in [1.29, 1.82) is 0 Å². The number of hydrogen-bond acceptors (Lipinski definition) is 3. The zero-order valence-corrected chi connectivity index (χ0v) is 12.5. The van der Waals surface area contributed by atoms with Crippen molar-refractivity contribution in [2.45, 2.75) is 65.8 Å². The number of unbranched alkanes of at least 4 members (excludes halogenated alkanes) is 2. The van der Waals surface area contributed by atoms with Crippen LogP contribution in [0.3, 0.4) is 0 Å². The second kappa shape index (κ2) is 7.83. The third kappa shape index (κ3) is 4.40. The smallest absolute Gasteiger partial charge is 0.110 e. The van der Waals surface area contributed by atoms with E-state index in [1.807, 2.05) is 11.3 Å². The Bertz CT molecular complexity index is 320. The fourth-order valence-corrected chi connectivity index (χ4v) is 3.21. The molecule has 17 heavy (non-hydrogen) atoms. The molecule has 0 amide bonds. The average molecular weight is 254 g/mol. The van der Waals surface area contributed by atoms with Crippen LogP contribution in [0.25, 0.3) is 0 Å². The van der Waals surface area contributed by atoms with Gasteiger partial charge >= 0.3 is 0 Å². The molecule has 0 spiro atoms. The molecule has 3 heteroatoms. The normalized spacial score (nSPS) is 12.9. The number of hydrogen-bond donors (Lipinski definition) is 1. The lowest BCUT2D eigenvalue weighted by Crippen LogP contribution is -2.20. The van der Waals surface area contributed by atoms with Crippen molar-refractivity contribution in [1.82, 2.24) is 10.3 Å². The first-order valence-electron chi connectivity index (χ1n) is 6.92. The molecule has 1 unspecified atom stereocenters. The Labute approximate surface area is 110 Å². The Morgan fingerprint density at radius 2 is 2.00 bits per heavy atom. The van der Waals surface area contributed by atoms with Crippen LogP contribution >= 0.6 is 11.3 Å². The van der Waals surface area contributed by atoms with Crippen LogP contribution in [0.5, 0.6) is 0 Å². The van der Waals surface area contributed by atoms with Gasteiger partial charge in [0.15, 0.2) is 0 Å². The van der Waals surface area contributed by atoms with Gasteiger partial charge in [0.25, 0.3) is 0 Å². The lowest BCUT2D eigenvalue weighted by Gasteiger charge is -2.14. The molecule has 1 heterocycles. The second-order valence-corrected chi connectivity index (χ2v) is 5.75. The largest absolute Gasteiger partial charge is 0.308 e. The van der Waals surface area contributed by atoms with Crippen molar-refractivity contribution in [2.24, 2.45) is 0 Å². The molecule has 0 radical (unpaired) electrons. The van der Waals surface area contributed by atoms with Crippen molar-refractivity contribution in [3.05, 3.63) is 15.6 Å². The van der Waals surface area contributed by atoms with E-state index in [1.165, 1.54) is 41.3 Å². The minimum atomic E-state index is 0.468. The van der Waals surface area contributed by atoms with E-state index >= 15 is 0 Å². The summed E-state index contributed by atoms with van der Waals surface area (Å²) in [5, 5.41) is 4.86. The Hall–Kier alpha value is -0.410. The van der Waals surface area contributed by atoms with Crippen molar-refractivity contribution >= 4 is 11.3 Å². The first kappa shape index (κ1) is 14.7. The van der Waals surface area contributed by atoms with E-state index < -0.39 is 0 Å². The van der Waals surface area contributed by atoms with Crippen LogP contribution in [0.4, 0.5) is 0 Å². The molecular formula is C14H26N2S. The molecule has 1 rings (SSSR count). The third-order valence-electron chi connectivity index (χ3n) is 3.09. The SMILES string of the molecule is CCCCCC(NCC)c1nc(CC)c(C)s1. The standard InChI is InChI=1S/C14H26N2S/c1-5-8-9-10-13(15-7-3)14-16-12(6-2)11(4)17-14/h13,15H,5-10H2,1-4H3. The molecule has 0 aliphatic rings. The molecular weight excluding hydrogens is 228 g/mol. The summed E-state index contributed by atoms with van der Waals surface area (Å²) in [4.78, 5) is 6.17. The van der Waals surface area contributed by atoms with E-state index in [-0.39, 0.29) is 0 Å². The Balaban J connectivity index is 2.67. The zero-order valence-electron chi connectivity index (χ0n) is 11.7. The first-order valence-corrected chi connectivity index (χ1v) is 7.74. The van der Waals surface area contributed by atoms with Gasteiger partial charge in [0.1, 0.15) is 5.01 Å². The summed E-state index contributed by atoms with van der Waals surface area (Å²) in [5.74, 6) is 0. The summed E-state index contributed by atoms with van der Waals surface area (Å²) < 4.78 is 0. The summed E-state index contributed by atoms with van der Waals surface area (Å²) in [5.41, 5.74) is 1.28. The predicted octanol–water partition coefficient (Wildman–Crippen LogP) is 4.24. The van der Waals surface area contributed by atoms with Gasteiger partial charge < -0.3 is 5.32 Å². The van der Waals surface area contributed by atoms with Gasteiger partial charge in [-0.1, -0.05) is 40.0 Å². The van der Waals surface area contributed by atoms with E-state index in [0.717, 1.165) is 13.0 Å². The molecule has 0 aliphatic carbocycles. The van der Waals surface area contributed by atoms with E-state index in [4.69, 9.17) is 4.98 Å². The first-order chi connectivity index (χ1) is 8.22. The molecule has 1 N–H and O–H groups in total. The molecule has 98 valence electrons. The summed E-state index contributed by atoms with van der Waals surface area (Å²) in [6.45, 7) is 9.83. The Morgan fingerprint density at radius 3 is 2.53 bits per heavy atom. The quantitative estimate of drug-likeness (QED) is 0.702. The number of thiazole rings is 1. The molecule has 0 aromatic carbocycles. The lowest BCUT2D eigenvalue weighted by atomic mass is 10.1. The van der Waals surface area contributed by atoms with Gasteiger partial charge in [-0.15, -0.1) is 11.3 Å². The summed E-state index contributed by atoms with van der Waals surface area (Å²) in [6, 6.07) is 0.468. The van der Waals surface area contributed by atoms with Crippen LogP contribution < -0.4 is 5.32 Å². The highest BCUT2D eigenvalue weighted by molar-refractivity contribution is 7.11. The number of aromatic nitrogens is 1. The monoisotopic (exact) mass is 254 g/mol. The minimum absolute atomic E-state index is 0.468. The number of aryl methyl sites for hydroxylation is 2. The van der Waals surface area contributed by atoms with Gasteiger partial charge in [-0.05, 0) is 26.3 Å². The van der Waals surface area contributed by atoms with Gasteiger partial charge in [-0.3, -0.25) is 0 Å². The highest BCUT2D eigenvalue weighted by atomic mass is 32.1. The third-order valence-corrected chi connectivity index (χ3v) is 4.22. The van der Waals surface area contributed by atoms with E-state index in [0.29, 0.717) is 6.04 Å². The Kier molecular flexibility index (Phi) is 6.75.